The third-order valence-electron chi connectivity index (χ3n) is 2.62. The van der Waals surface area contributed by atoms with Crippen molar-refractivity contribution < 1.29 is 14.3 Å². The summed E-state index contributed by atoms with van der Waals surface area (Å²) in [4.78, 5) is 11.5. The van der Waals surface area contributed by atoms with Gasteiger partial charge in [-0.3, -0.25) is 4.79 Å². The van der Waals surface area contributed by atoms with E-state index in [4.69, 9.17) is 14.7 Å². The van der Waals surface area contributed by atoms with Crippen LogP contribution >= 0.6 is 0 Å². The maximum absolute atomic E-state index is 11.5. The average Bonchev–Trinajstić information content (AvgIpc) is 2.37. The van der Waals surface area contributed by atoms with Crippen LogP contribution in [0.3, 0.4) is 0 Å². The molecule has 1 aromatic rings. The normalized spacial score (nSPS) is 9.67. The lowest BCUT2D eigenvalue weighted by Gasteiger charge is -2.11. The molecule has 4 heteroatoms. The number of nitrogens with zero attached hydrogens (tertiary/aromatic N) is 1. The summed E-state index contributed by atoms with van der Waals surface area (Å²) < 4.78 is 10.1. The van der Waals surface area contributed by atoms with E-state index in [1.54, 1.807) is 6.92 Å². The summed E-state index contributed by atoms with van der Waals surface area (Å²) in [5, 5.41) is 9.15. The first-order valence-electron chi connectivity index (χ1n) is 5.91. The zero-order valence-electron chi connectivity index (χ0n) is 10.9. The van der Waals surface area contributed by atoms with Gasteiger partial charge in [-0.25, -0.2) is 0 Å². The van der Waals surface area contributed by atoms with E-state index in [-0.39, 0.29) is 12.4 Å². The Labute approximate surface area is 107 Å². The molecule has 0 saturated heterocycles. The molecule has 0 aromatic heterocycles. The van der Waals surface area contributed by atoms with Crippen molar-refractivity contribution in [2.75, 3.05) is 13.7 Å². The molecule has 0 saturated carbocycles. The van der Waals surface area contributed by atoms with Gasteiger partial charge in [-0.05, 0) is 30.5 Å². The third-order valence-corrected chi connectivity index (χ3v) is 2.62. The predicted molar refractivity (Wildman–Crippen MR) is 67.4 cm³/mol. The van der Waals surface area contributed by atoms with E-state index < -0.39 is 0 Å². The van der Waals surface area contributed by atoms with Crippen molar-refractivity contribution in [3.05, 3.63) is 28.8 Å². The summed E-state index contributed by atoms with van der Waals surface area (Å²) in [7, 11) is 1.52. The number of hydrogen-bond acceptors (Lipinski definition) is 4. The summed E-state index contributed by atoms with van der Waals surface area (Å²) in [6, 6.07) is 5.77. The van der Waals surface area contributed by atoms with Gasteiger partial charge in [0.2, 0.25) is 0 Å². The van der Waals surface area contributed by atoms with Crippen LogP contribution in [0.4, 0.5) is 0 Å². The Morgan fingerprint density at radius 3 is 2.61 bits per heavy atom. The SMILES string of the molecule is CCOC(=O)Cc1cc(CC)cc(OC)c1C#N. The van der Waals surface area contributed by atoms with Crippen LogP contribution in [-0.4, -0.2) is 19.7 Å². The molecule has 0 atom stereocenters. The largest absolute Gasteiger partial charge is 0.495 e. The van der Waals surface area contributed by atoms with E-state index in [0.29, 0.717) is 23.5 Å². The number of hydrogen-bond donors (Lipinski definition) is 0. The first kappa shape index (κ1) is 14.0. The van der Waals surface area contributed by atoms with Gasteiger partial charge in [0.1, 0.15) is 11.8 Å². The zero-order chi connectivity index (χ0) is 13.5. The van der Waals surface area contributed by atoms with Crippen molar-refractivity contribution in [1.29, 1.82) is 5.26 Å². The Bertz CT molecular complexity index is 475. The van der Waals surface area contributed by atoms with Crippen molar-refractivity contribution in [3.8, 4) is 11.8 Å². The molecule has 0 amide bonds. The number of carbonyl (C=O) groups excluding carboxylic acids is 1. The summed E-state index contributed by atoms with van der Waals surface area (Å²) in [6.45, 7) is 4.10. The number of carbonyl (C=O) groups is 1. The Morgan fingerprint density at radius 1 is 1.39 bits per heavy atom. The van der Waals surface area contributed by atoms with Gasteiger partial charge < -0.3 is 9.47 Å². The van der Waals surface area contributed by atoms with Crippen LogP contribution in [0.25, 0.3) is 0 Å². The quantitative estimate of drug-likeness (QED) is 0.749. The number of nitriles is 1. The number of ether oxygens (including phenoxy) is 2. The minimum absolute atomic E-state index is 0.0981. The lowest BCUT2D eigenvalue weighted by Crippen LogP contribution is -2.09. The van der Waals surface area contributed by atoms with Crippen LogP contribution in [0.1, 0.15) is 30.5 Å². The number of esters is 1. The highest BCUT2D eigenvalue weighted by Crippen LogP contribution is 2.25. The molecule has 1 rings (SSSR count). The van der Waals surface area contributed by atoms with Gasteiger partial charge in [0.25, 0.3) is 0 Å². The Morgan fingerprint density at radius 2 is 2.11 bits per heavy atom. The molecule has 0 N–H and O–H groups in total. The van der Waals surface area contributed by atoms with Gasteiger partial charge in [0, 0.05) is 0 Å². The van der Waals surface area contributed by atoms with Gasteiger partial charge in [-0.2, -0.15) is 5.26 Å². The fraction of sp³-hybridized carbons (Fsp3) is 0.429. The molecule has 0 heterocycles. The lowest BCUT2D eigenvalue weighted by molar-refractivity contribution is -0.142. The van der Waals surface area contributed by atoms with E-state index in [2.05, 4.69) is 6.07 Å². The van der Waals surface area contributed by atoms with Gasteiger partial charge in [-0.1, -0.05) is 13.0 Å². The summed E-state index contributed by atoms with van der Waals surface area (Å²) >= 11 is 0. The molecule has 1 aromatic carbocycles. The van der Waals surface area contributed by atoms with E-state index in [1.165, 1.54) is 7.11 Å². The fourth-order valence-electron chi connectivity index (χ4n) is 1.74. The Hall–Kier alpha value is -2.02. The van der Waals surface area contributed by atoms with E-state index in [0.717, 1.165) is 12.0 Å². The van der Waals surface area contributed by atoms with E-state index in [9.17, 15) is 4.79 Å². The van der Waals surface area contributed by atoms with Crippen LogP contribution in [-0.2, 0) is 22.4 Å². The maximum Gasteiger partial charge on any atom is 0.310 e. The molecule has 0 fully saturated rings. The molecule has 0 bridgehead atoms. The minimum Gasteiger partial charge on any atom is -0.495 e. The van der Waals surface area contributed by atoms with Gasteiger partial charge in [0.05, 0.1) is 25.7 Å². The van der Waals surface area contributed by atoms with Crippen molar-refractivity contribution in [2.45, 2.75) is 26.7 Å². The molecule has 0 aliphatic carbocycles. The van der Waals surface area contributed by atoms with Crippen molar-refractivity contribution in [1.82, 2.24) is 0 Å². The van der Waals surface area contributed by atoms with Crippen molar-refractivity contribution >= 4 is 5.97 Å². The first-order chi connectivity index (χ1) is 8.65. The van der Waals surface area contributed by atoms with Crippen LogP contribution in [0.15, 0.2) is 12.1 Å². The molecule has 0 aliphatic rings. The van der Waals surface area contributed by atoms with Crippen LogP contribution in [0, 0.1) is 11.3 Å². The molecule has 0 unspecified atom stereocenters. The van der Waals surface area contributed by atoms with Gasteiger partial charge >= 0.3 is 5.97 Å². The lowest BCUT2D eigenvalue weighted by atomic mass is 9.99. The number of methoxy groups -OCH3 is 1. The summed E-state index contributed by atoms with van der Waals surface area (Å²) in [5.74, 6) is 0.181. The molecule has 0 radical (unpaired) electrons. The molecule has 18 heavy (non-hydrogen) atoms. The second kappa shape index (κ2) is 6.65. The van der Waals surface area contributed by atoms with E-state index >= 15 is 0 Å². The number of aryl methyl sites for hydroxylation is 1. The van der Waals surface area contributed by atoms with Crippen molar-refractivity contribution in [3.63, 3.8) is 0 Å². The number of benzene rings is 1. The van der Waals surface area contributed by atoms with Crippen LogP contribution in [0.5, 0.6) is 5.75 Å². The minimum atomic E-state index is -0.329. The zero-order valence-corrected chi connectivity index (χ0v) is 10.9. The molecule has 96 valence electrons. The highest BCUT2D eigenvalue weighted by molar-refractivity contribution is 5.74. The number of rotatable bonds is 5. The van der Waals surface area contributed by atoms with Crippen molar-refractivity contribution in [2.24, 2.45) is 0 Å². The van der Waals surface area contributed by atoms with Crippen LogP contribution < -0.4 is 4.74 Å². The monoisotopic (exact) mass is 247 g/mol. The topological polar surface area (TPSA) is 59.3 Å². The standard InChI is InChI=1S/C14H17NO3/c1-4-10-6-11(8-14(16)18-5-2)12(9-15)13(7-10)17-3/h6-7H,4-5,8H2,1-3H3. The second-order valence-electron chi connectivity index (χ2n) is 3.78. The van der Waals surface area contributed by atoms with Gasteiger partial charge in [0.15, 0.2) is 0 Å². The molecular formula is C14H17NO3. The fourth-order valence-corrected chi connectivity index (χ4v) is 1.74. The van der Waals surface area contributed by atoms with E-state index in [1.807, 2.05) is 19.1 Å². The third kappa shape index (κ3) is 3.24. The second-order valence-corrected chi connectivity index (χ2v) is 3.78. The molecular weight excluding hydrogens is 230 g/mol. The summed E-state index contributed by atoms with van der Waals surface area (Å²) in [5.41, 5.74) is 2.10. The molecule has 4 nitrogen and oxygen atoms in total. The predicted octanol–water partition coefficient (Wildman–Crippen LogP) is 2.23. The Kier molecular flexibility index (Phi) is 5.19. The first-order valence-corrected chi connectivity index (χ1v) is 5.91. The van der Waals surface area contributed by atoms with Gasteiger partial charge in [-0.15, -0.1) is 0 Å². The van der Waals surface area contributed by atoms with Crippen LogP contribution in [0.2, 0.25) is 0 Å². The molecule has 0 spiro atoms. The smallest absolute Gasteiger partial charge is 0.310 e. The highest BCUT2D eigenvalue weighted by Gasteiger charge is 2.14. The maximum atomic E-state index is 11.5. The summed E-state index contributed by atoms with van der Waals surface area (Å²) in [6.07, 6.45) is 0.916. The Balaban J connectivity index is 3.15. The average molecular weight is 247 g/mol. The highest BCUT2D eigenvalue weighted by atomic mass is 16.5. The molecule has 0 aliphatic heterocycles.